The van der Waals surface area contributed by atoms with Crippen molar-refractivity contribution >= 4 is 18.0 Å². The van der Waals surface area contributed by atoms with Gasteiger partial charge in [-0.15, -0.1) is 0 Å². The van der Waals surface area contributed by atoms with E-state index < -0.39 is 35.7 Å². The van der Waals surface area contributed by atoms with E-state index >= 15 is 0 Å². The molecule has 0 aliphatic carbocycles. The van der Waals surface area contributed by atoms with Crippen molar-refractivity contribution in [2.75, 3.05) is 0 Å². The first kappa shape index (κ1) is 24.3. The number of rotatable bonds is 7. The predicted octanol–water partition coefficient (Wildman–Crippen LogP) is 2.89. The van der Waals surface area contributed by atoms with Crippen molar-refractivity contribution in [3.8, 4) is 5.75 Å². The molecule has 2 atom stereocenters. The summed E-state index contributed by atoms with van der Waals surface area (Å²) in [7, 11) is 0. The van der Waals surface area contributed by atoms with Gasteiger partial charge in [0.15, 0.2) is 0 Å². The monoisotopic (exact) mass is 408 g/mol. The van der Waals surface area contributed by atoms with Gasteiger partial charge in [-0.1, -0.05) is 12.1 Å². The molecule has 8 nitrogen and oxygen atoms in total. The Kier molecular flexibility index (Phi) is 8.05. The van der Waals surface area contributed by atoms with Crippen LogP contribution < -0.4 is 15.4 Å². The Labute approximate surface area is 172 Å². The molecular weight excluding hydrogens is 376 g/mol. The summed E-state index contributed by atoms with van der Waals surface area (Å²) in [6.45, 7) is 12.3. The van der Waals surface area contributed by atoms with Crippen molar-refractivity contribution in [1.29, 1.82) is 0 Å². The average molecular weight is 408 g/mol. The van der Waals surface area contributed by atoms with Crippen LogP contribution in [0.5, 0.6) is 5.75 Å². The Hall–Kier alpha value is -2.77. The first-order chi connectivity index (χ1) is 13.2. The van der Waals surface area contributed by atoms with Crippen molar-refractivity contribution in [3.05, 3.63) is 29.8 Å². The van der Waals surface area contributed by atoms with E-state index in [4.69, 9.17) is 14.6 Å². The van der Waals surface area contributed by atoms with E-state index in [1.165, 1.54) is 6.92 Å². The maximum atomic E-state index is 12.5. The summed E-state index contributed by atoms with van der Waals surface area (Å²) in [4.78, 5) is 35.7. The summed E-state index contributed by atoms with van der Waals surface area (Å²) in [6, 6.07) is 5.05. The maximum Gasteiger partial charge on any atom is 0.408 e. The lowest BCUT2D eigenvalue weighted by Crippen LogP contribution is -2.52. The van der Waals surface area contributed by atoms with Crippen LogP contribution >= 0.6 is 0 Å². The lowest BCUT2D eigenvalue weighted by molar-refractivity contribution is -0.141. The van der Waals surface area contributed by atoms with Crippen LogP contribution in [0.3, 0.4) is 0 Å². The highest BCUT2D eigenvalue weighted by atomic mass is 16.6. The second-order valence-electron chi connectivity index (χ2n) is 8.83. The third-order valence-corrected chi connectivity index (χ3v) is 3.52. The molecule has 0 aromatic heterocycles. The normalized spacial score (nSPS) is 13.8. The number of hydrogen-bond acceptors (Lipinski definition) is 5. The number of carboxylic acids is 1. The van der Waals surface area contributed by atoms with Crippen LogP contribution in [0.4, 0.5) is 4.79 Å². The molecule has 3 N–H and O–H groups in total. The molecule has 0 spiro atoms. The lowest BCUT2D eigenvalue weighted by Gasteiger charge is -2.24. The molecule has 1 aromatic carbocycles. The Morgan fingerprint density at radius 3 is 1.97 bits per heavy atom. The zero-order chi connectivity index (χ0) is 22.4. The van der Waals surface area contributed by atoms with E-state index in [1.807, 2.05) is 20.8 Å². The zero-order valence-electron chi connectivity index (χ0n) is 18.2. The minimum absolute atomic E-state index is 0.160. The minimum Gasteiger partial charge on any atom is -0.488 e. The average Bonchev–Trinajstić information content (AvgIpc) is 2.52. The van der Waals surface area contributed by atoms with Crippen LogP contribution in [0.25, 0.3) is 0 Å². The van der Waals surface area contributed by atoms with Crippen molar-refractivity contribution in [2.45, 2.75) is 78.2 Å². The maximum absolute atomic E-state index is 12.5. The van der Waals surface area contributed by atoms with Crippen LogP contribution in [-0.2, 0) is 20.7 Å². The van der Waals surface area contributed by atoms with E-state index in [1.54, 1.807) is 45.0 Å². The smallest absolute Gasteiger partial charge is 0.408 e. The summed E-state index contributed by atoms with van der Waals surface area (Å²) in [5, 5.41) is 13.9. The SMILES string of the molecule is C[C@@H](NC(=O)[C@@H](Cc1ccc(OC(C)(C)C)cc1)NC(=O)OC(C)(C)C)C(=O)O. The minimum atomic E-state index is -1.17. The number of amides is 2. The molecule has 0 saturated carbocycles. The molecule has 0 aliphatic heterocycles. The molecule has 2 amide bonds. The van der Waals surface area contributed by atoms with Crippen LogP contribution in [0.15, 0.2) is 24.3 Å². The highest BCUT2D eigenvalue weighted by Crippen LogP contribution is 2.19. The summed E-state index contributed by atoms with van der Waals surface area (Å²) < 4.78 is 11.0. The molecule has 1 rings (SSSR count). The zero-order valence-corrected chi connectivity index (χ0v) is 18.2. The van der Waals surface area contributed by atoms with Gasteiger partial charge >= 0.3 is 12.1 Å². The standard InChI is InChI=1S/C21H32N2O6/c1-13(18(25)26)22-17(24)16(23-19(27)29-21(5,6)7)12-14-8-10-15(11-9-14)28-20(2,3)4/h8-11,13,16H,12H2,1-7H3,(H,22,24)(H,23,27)(H,25,26)/t13-,16-/m1/s1. The molecule has 0 saturated heterocycles. The number of ether oxygens (including phenoxy) is 2. The predicted molar refractivity (Wildman–Crippen MR) is 109 cm³/mol. The molecular formula is C21H32N2O6. The van der Waals surface area contributed by atoms with Gasteiger partial charge in [-0.25, -0.2) is 4.79 Å². The quantitative estimate of drug-likeness (QED) is 0.639. The summed E-state index contributed by atoms with van der Waals surface area (Å²) in [5.74, 6) is -1.10. The van der Waals surface area contributed by atoms with E-state index in [9.17, 15) is 14.4 Å². The van der Waals surface area contributed by atoms with Gasteiger partial charge in [-0.2, -0.15) is 0 Å². The number of alkyl carbamates (subject to hydrolysis) is 1. The van der Waals surface area contributed by atoms with Gasteiger partial charge in [-0.3, -0.25) is 9.59 Å². The number of aliphatic carboxylic acids is 1. The molecule has 0 aliphatic rings. The lowest BCUT2D eigenvalue weighted by atomic mass is 10.0. The Bertz CT molecular complexity index is 716. The molecule has 0 heterocycles. The molecule has 0 radical (unpaired) electrons. The summed E-state index contributed by atoms with van der Waals surface area (Å²) >= 11 is 0. The Balaban J connectivity index is 2.93. The first-order valence-electron chi connectivity index (χ1n) is 9.47. The van der Waals surface area contributed by atoms with E-state index in [0.717, 1.165) is 5.56 Å². The van der Waals surface area contributed by atoms with Crippen molar-refractivity contribution in [1.82, 2.24) is 10.6 Å². The van der Waals surface area contributed by atoms with Crippen LogP contribution in [0, 0.1) is 0 Å². The topological polar surface area (TPSA) is 114 Å². The fraction of sp³-hybridized carbons (Fsp3) is 0.571. The van der Waals surface area contributed by atoms with Crippen molar-refractivity contribution < 1.29 is 29.0 Å². The molecule has 29 heavy (non-hydrogen) atoms. The van der Waals surface area contributed by atoms with Crippen molar-refractivity contribution in [2.24, 2.45) is 0 Å². The number of carboxylic acid groups (broad SMARTS) is 1. The highest BCUT2D eigenvalue weighted by Gasteiger charge is 2.27. The van der Waals surface area contributed by atoms with E-state index in [0.29, 0.717) is 5.75 Å². The number of carbonyl (C=O) groups excluding carboxylic acids is 2. The molecule has 8 heteroatoms. The Morgan fingerprint density at radius 2 is 1.52 bits per heavy atom. The fourth-order valence-corrected chi connectivity index (χ4v) is 2.32. The van der Waals surface area contributed by atoms with Crippen LogP contribution in [0.1, 0.15) is 54.0 Å². The van der Waals surface area contributed by atoms with Gasteiger partial charge in [0, 0.05) is 6.42 Å². The number of nitrogens with one attached hydrogen (secondary N) is 2. The third kappa shape index (κ3) is 9.82. The van der Waals surface area contributed by atoms with Gasteiger partial charge in [0.1, 0.15) is 29.0 Å². The van der Waals surface area contributed by atoms with Crippen LogP contribution in [-0.4, -0.2) is 46.4 Å². The van der Waals surface area contributed by atoms with Gasteiger partial charge in [0.2, 0.25) is 5.91 Å². The fourth-order valence-electron chi connectivity index (χ4n) is 2.32. The summed E-state index contributed by atoms with van der Waals surface area (Å²) in [5.41, 5.74) is -0.300. The Morgan fingerprint density at radius 1 is 0.966 bits per heavy atom. The van der Waals surface area contributed by atoms with E-state index in [2.05, 4.69) is 10.6 Å². The number of hydrogen-bond donors (Lipinski definition) is 3. The van der Waals surface area contributed by atoms with Crippen molar-refractivity contribution in [3.63, 3.8) is 0 Å². The molecule has 162 valence electrons. The number of carbonyl (C=O) groups is 3. The van der Waals surface area contributed by atoms with Crippen LogP contribution in [0.2, 0.25) is 0 Å². The largest absolute Gasteiger partial charge is 0.488 e. The second kappa shape index (κ2) is 9.62. The van der Waals surface area contributed by atoms with Gasteiger partial charge in [0.05, 0.1) is 0 Å². The third-order valence-electron chi connectivity index (χ3n) is 3.52. The highest BCUT2D eigenvalue weighted by molar-refractivity contribution is 5.89. The first-order valence-corrected chi connectivity index (χ1v) is 9.47. The molecule has 0 bridgehead atoms. The molecule has 1 aromatic rings. The van der Waals surface area contributed by atoms with Gasteiger partial charge in [-0.05, 0) is 66.2 Å². The second-order valence-corrected chi connectivity index (χ2v) is 8.83. The molecule has 0 fully saturated rings. The van der Waals surface area contributed by atoms with Gasteiger partial charge in [0.25, 0.3) is 0 Å². The van der Waals surface area contributed by atoms with Gasteiger partial charge < -0.3 is 25.2 Å². The van der Waals surface area contributed by atoms with E-state index in [-0.39, 0.29) is 12.0 Å². The summed E-state index contributed by atoms with van der Waals surface area (Å²) in [6.07, 6.45) is -0.596. The molecule has 0 unspecified atom stereocenters. The number of benzene rings is 1.